The number of hydrogen-bond donors (Lipinski definition) is 0. The van der Waals surface area contributed by atoms with Crippen LogP contribution in [0.25, 0.3) is 0 Å². The van der Waals surface area contributed by atoms with Gasteiger partial charge in [-0.25, -0.2) is 0 Å². The molecule has 0 fully saturated rings. The predicted octanol–water partition coefficient (Wildman–Crippen LogP) is 6.93. The first-order valence-corrected chi connectivity index (χ1v) is 9.48. The van der Waals surface area contributed by atoms with Crippen LogP contribution in [0.5, 0.6) is 17.2 Å². The fraction of sp³-hybridized carbons (Fsp3) is 0.0952. The fourth-order valence-electron chi connectivity index (χ4n) is 2.54. The number of alkyl halides is 3. The topological polar surface area (TPSA) is 74.0 Å². The van der Waals surface area contributed by atoms with E-state index < -0.39 is 22.4 Å². The van der Waals surface area contributed by atoms with Crippen molar-refractivity contribution in [3.63, 3.8) is 0 Å². The van der Waals surface area contributed by atoms with Gasteiger partial charge in [0, 0.05) is 12.3 Å². The molecule has 0 aromatic heterocycles. The van der Waals surface area contributed by atoms with Crippen molar-refractivity contribution in [1.29, 1.82) is 0 Å². The van der Waals surface area contributed by atoms with E-state index in [-0.39, 0.29) is 11.5 Å². The highest BCUT2D eigenvalue weighted by Gasteiger charge is 2.33. The first-order valence-electron chi connectivity index (χ1n) is 8.68. The Hall–Kier alpha value is -3.40. The average Bonchev–Trinajstić information content (AvgIpc) is 2.73. The van der Waals surface area contributed by atoms with Crippen molar-refractivity contribution in [1.82, 2.24) is 0 Å². The first-order chi connectivity index (χ1) is 14.7. The van der Waals surface area contributed by atoms with Crippen LogP contribution < -0.4 is 9.47 Å². The Morgan fingerprint density at radius 3 is 2.29 bits per heavy atom. The molecule has 160 valence electrons. The number of halogens is 4. The molecule has 3 aromatic carbocycles. The number of nitrogens with zero attached hydrogens (tertiary/aromatic N) is 2. The maximum Gasteiger partial charge on any atom is 0.416 e. The molecule has 0 saturated heterocycles. The Bertz CT molecular complexity index is 1130. The minimum absolute atomic E-state index is 0.199. The number of rotatable bonds is 6. The summed E-state index contributed by atoms with van der Waals surface area (Å²) in [4.78, 5) is 14.6. The molecule has 3 rings (SSSR count). The largest absolute Gasteiger partial charge is 0.497 e. The second kappa shape index (κ2) is 9.17. The van der Waals surface area contributed by atoms with Crippen molar-refractivity contribution in [2.24, 2.45) is 4.99 Å². The van der Waals surface area contributed by atoms with Crippen LogP contribution in [0.2, 0.25) is 0 Å². The minimum Gasteiger partial charge on any atom is -0.497 e. The van der Waals surface area contributed by atoms with Gasteiger partial charge in [0.05, 0.1) is 27.8 Å². The van der Waals surface area contributed by atoms with Gasteiger partial charge in [-0.05, 0) is 76.1 Å². The van der Waals surface area contributed by atoms with Crippen LogP contribution in [0.15, 0.2) is 70.1 Å². The standard InChI is InChI=1S/C21H14BrF3N2O4/c1-30-16-6-4-15(5-7-16)26-12-13-2-8-19(17(22)10-13)31-20-9-3-14(21(23,24)25)11-18(20)27(28)29/h2-12H,1H3. The van der Waals surface area contributed by atoms with E-state index in [1.54, 1.807) is 49.7 Å². The van der Waals surface area contributed by atoms with E-state index in [1.807, 2.05) is 0 Å². The van der Waals surface area contributed by atoms with Crippen LogP contribution in [0.3, 0.4) is 0 Å². The van der Waals surface area contributed by atoms with Gasteiger partial charge in [-0.1, -0.05) is 0 Å². The summed E-state index contributed by atoms with van der Waals surface area (Å²) in [5.41, 5.74) is -0.503. The Kier molecular flexibility index (Phi) is 6.59. The zero-order chi connectivity index (χ0) is 22.6. The molecule has 0 unspecified atom stereocenters. The quantitative estimate of drug-likeness (QED) is 0.211. The van der Waals surface area contributed by atoms with E-state index >= 15 is 0 Å². The van der Waals surface area contributed by atoms with Gasteiger partial charge in [0.2, 0.25) is 5.75 Å². The van der Waals surface area contributed by atoms with E-state index in [9.17, 15) is 23.3 Å². The number of nitro groups is 1. The number of nitro benzene ring substituents is 1. The Morgan fingerprint density at radius 2 is 1.71 bits per heavy atom. The molecule has 0 heterocycles. The lowest BCUT2D eigenvalue weighted by atomic mass is 10.2. The van der Waals surface area contributed by atoms with Crippen LogP contribution >= 0.6 is 15.9 Å². The lowest BCUT2D eigenvalue weighted by molar-refractivity contribution is -0.385. The van der Waals surface area contributed by atoms with Gasteiger partial charge in [-0.3, -0.25) is 15.1 Å². The van der Waals surface area contributed by atoms with Gasteiger partial charge in [0.15, 0.2) is 0 Å². The monoisotopic (exact) mass is 494 g/mol. The van der Waals surface area contributed by atoms with E-state index in [1.165, 1.54) is 6.07 Å². The van der Waals surface area contributed by atoms with Crippen LogP contribution in [-0.2, 0) is 6.18 Å². The predicted molar refractivity (Wildman–Crippen MR) is 113 cm³/mol. The summed E-state index contributed by atoms with van der Waals surface area (Å²) in [5, 5.41) is 11.2. The molecule has 0 aliphatic carbocycles. The normalized spacial score (nSPS) is 11.5. The molecular formula is C21H14BrF3N2O4. The molecule has 0 radical (unpaired) electrons. The number of aliphatic imine (C=N–C) groups is 1. The fourth-order valence-corrected chi connectivity index (χ4v) is 3.02. The van der Waals surface area contributed by atoms with Gasteiger partial charge in [-0.2, -0.15) is 13.2 Å². The van der Waals surface area contributed by atoms with E-state index in [0.717, 1.165) is 12.1 Å². The number of benzene rings is 3. The zero-order valence-electron chi connectivity index (χ0n) is 15.9. The number of ether oxygens (including phenoxy) is 2. The van der Waals surface area contributed by atoms with Crippen LogP contribution in [0, 0.1) is 10.1 Å². The van der Waals surface area contributed by atoms with Gasteiger partial charge < -0.3 is 9.47 Å². The summed E-state index contributed by atoms with van der Waals surface area (Å²) in [6.45, 7) is 0. The molecule has 0 amide bonds. The van der Waals surface area contributed by atoms with Crippen molar-refractivity contribution in [2.75, 3.05) is 7.11 Å². The average molecular weight is 495 g/mol. The summed E-state index contributed by atoms with van der Waals surface area (Å²) in [6, 6.07) is 14.1. The van der Waals surface area contributed by atoms with Crippen LogP contribution in [0.4, 0.5) is 24.5 Å². The third-order valence-corrected chi connectivity index (χ3v) is 4.71. The highest BCUT2D eigenvalue weighted by atomic mass is 79.9. The van der Waals surface area contributed by atoms with Crippen molar-refractivity contribution in [3.8, 4) is 17.2 Å². The highest BCUT2D eigenvalue weighted by Crippen LogP contribution is 2.39. The van der Waals surface area contributed by atoms with Gasteiger partial charge in [-0.15, -0.1) is 0 Å². The van der Waals surface area contributed by atoms with E-state index in [0.29, 0.717) is 27.5 Å². The van der Waals surface area contributed by atoms with E-state index in [4.69, 9.17) is 9.47 Å². The van der Waals surface area contributed by atoms with Crippen molar-refractivity contribution in [2.45, 2.75) is 6.18 Å². The SMILES string of the molecule is COc1ccc(N=Cc2ccc(Oc3ccc(C(F)(F)F)cc3[N+](=O)[O-])c(Br)c2)cc1. The second-order valence-corrected chi connectivity index (χ2v) is 7.04. The van der Waals surface area contributed by atoms with Crippen LogP contribution in [0.1, 0.15) is 11.1 Å². The molecule has 0 N–H and O–H groups in total. The minimum atomic E-state index is -4.70. The lowest BCUT2D eigenvalue weighted by Gasteiger charge is -2.11. The Labute approximate surface area is 183 Å². The molecule has 0 aliphatic heterocycles. The number of hydrogen-bond acceptors (Lipinski definition) is 5. The molecule has 0 spiro atoms. The first kappa shape index (κ1) is 22.3. The zero-order valence-corrected chi connectivity index (χ0v) is 17.5. The molecule has 3 aromatic rings. The van der Waals surface area contributed by atoms with E-state index in [2.05, 4.69) is 20.9 Å². The van der Waals surface area contributed by atoms with Gasteiger partial charge in [0.25, 0.3) is 0 Å². The number of methoxy groups -OCH3 is 1. The lowest BCUT2D eigenvalue weighted by Crippen LogP contribution is -2.06. The van der Waals surface area contributed by atoms with Gasteiger partial charge >= 0.3 is 11.9 Å². The molecule has 0 bridgehead atoms. The third-order valence-electron chi connectivity index (χ3n) is 4.09. The maximum absolute atomic E-state index is 12.8. The van der Waals surface area contributed by atoms with Crippen LogP contribution in [-0.4, -0.2) is 18.2 Å². The second-order valence-electron chi connectivity index (χ2n) is 6.19. The maximum atomic E-state index is 12.8. The molecule has 0 saturated carbocycles. The molecule has 0 atom stereocenters. The molecule has 0 aliphatic rings. The molecule has 10 heteroatoms. The Morgan fingerprint density at radius 1 is 1.03 bits per heavy atom. The summed E-state index contributed by atoms with van der Waals surface area (Å²) in [7, 11) is 1.57. The highest BCUT2D eigenvalue weighted by molar-refractivity contribution is 9.10. The Balaban J connectivity index is 1.82. The molecule has 6 nitrogen and oxygen atoms in total. The summed E-state index contributed by atoms with van der Waals surface area (Å²) in [6.07, 6.45) is -3.09. The summed E-state index contributed by atoms with van der Waals surface area (Å²) >= 11 is 3.30. The molecule has 31 heavy (non-hydrogen) atoms. The smallest absolute Gasteiger partial charge is 0.416 e. The van der Waals surface area contributed by atoms with Gasteiger partial charge in [0.1, 0.15) is 11.5 Å². The summed E-state index contributed by atoms with van der Waals surface area (Å²) in [5.74, 6) is 0.600. The summed E-state index contributed by atoms with van der Waals surface area (Å²) < 4.78 is 49.6. The van der Waals surface area contributed by atoms with Crippen molar-refractivity contribution >= 4 is 33.5 Å². The van der Waals surface area contributed by atoms with Crippen molar-refractivity contribution < 1.29 is 27.6 Å². The molecular weight excluding hydrogens is 481 g/mol. The van der Waals surface area contributed by atoms with Crippen molar-refractivity contribution in [3.05, 3.63) is 86.4 Å². The third kappa shape index (κ3) is 5.60.